The normalized spacial score (nSPS) is 10.2. The second-order valence-electron chi connectivity index (χ2n) is 6.03. The average molecular weight is 428 g/mol. The molecule has 0 amide bonds. The quantitative estimate of drug-likeness (QED) is 0.554. The van der Waals surface area contributed by atoms with Crippen LogP contribution in [0.4, 0.5) is 13.2 Å². The third kappa shape index (κ3) is 5.95. The van der Waals surface area contributed by atoms with Crippen molar-refractivity contribution in [2.45, 2.75) is 0 Å². The molecule has 0 saturated heterocycles. The second kappa shape index (κ2) is 9.62. The summed E-state index contributed by atoms with van der Waals surface area (Å²) in [5.74, 6) is -5.04. The van der Waals surface area contributed by atoms with Crippen molar-refractivity contribution in [2.75, 3.05) is 0 Å². The van der Waals surface area contributed by atoms with Crippen LogP contribution in [0.3, 0.4) is 0 Å². The van der Waals surface area contributed by atoms with Crippen molar-refractivity contribution in [3.8, 4) is 0 Å². The van der Waals surface area contributed by atoms with E-state index in [-0.39, 0.29) is 16.7 Å². The monoisotopic (exact) mass is 428 g/mol. The summed E-state index contributed by atoms with van der Waals surface area (Å²) in [6.45, 7) is 0. The Bertz CT molecular complexity index is 944. The smallest absolute Gasteiger partial charge is 0.458 e. The summed E-state index contributed by atoms with van der Waals surface area (Å²) < 4.78 is 53.9. The molecule has 0 aromatic heterocycles. The summed E-state index contributed by atoms with van der Waals surface area (Å²) in [7, 11) is -2.13. The molecule has 0 radical (unpaired) electrons. The maximum Gasteiger partial charge on any atom is 0.870 e. The second-order valence-corrected chi connectivity index (χ2v) is 6.03. The summed E-state index contributed by atoms with van der Waals surface area (Å²) in [5.41, 5.74) is -0.328. The van der Waals surface area contributed by atoms with Crippen molar-refractivity contribution in [3.63, 3.8) is 0 Å². The summed E-state index contributed by atoms with van der Waals surface area (Å²) in [4.78, 5) is 36.8. The van der Waals surface area contributed by atoms with E-state index in [1.165, 1.54) is 0 Å². The van der Waals surface area contributed by atoms with Gasteiger partial charge in [0.15, 0.2) is 0 Å². The molecule has 0 bridgehead atoms. The fourth-order valence-corrected chi connectivity index (χ4v) is 2.30. The summed E-state index contributed by atoms with van der Waals surface area (Å²) in [5, 5.41) is 0. The number of hydrogen-bond acceptors (Lipinski definition) is 6. The Labute approximate surface area is 174 Å². The van der Waals surface area contributed by atoms with Gasteiger partial charge in [-0.15, -0.1) is 0 Å². The SMILES string of the molecule is O=C(OB(OC(=O)c1ccc(F)cc1)OC(=O)c1ccc(F)cc1)c1ccc(F)cc1. The summed E-state index contributed by atoms with van der Waals surface area (Å²) in [6.07, 6.45) is 0. The summed E-state index contributed by atoms with van der Waals surface area (Å²) in [6, 6.07) is 12.7. The number of halogens is 3. The van der Waals surface area contributed by atoms with Crippen LogP contribution in [0.2, 0.25) is 0 Å². The minimum absolute atomic E-state index is 0.109. The molecular formula is C21H12BF3O6. The van der Waals surface area contributed by atoms with Gasteiger partial charge in [-0.3, -0.25) is 0 Å². The lowest BCUT2D eigenvalue weighted by molar-refractivity contribution is 0.0410. The minimum atomic E-state index is -2.13. The molecule has 156 valence electrons. The van der Waals surface area contributed by atoms with Crippen molar-refractivity contribution < 1.29 is 41.5 Å². The zero-order valence-corrected chi connectivity index (χ0v) is 15.6. The van der Waals surface area contributed by atoms with E-state index in [4.69, 9.17) is 14.0 Å². The summed E-state index contributed by atoms with van der Waals surface area (Å²) >= 11 is 0. The highest BCUT2D eigenvalue weighted by atomic mass is 19.1. The van der Waals surface area contributed by atoms with Crippen molar-refractivity contribution in [1.82, 2.24) is 0 Å². The fourth-order valence-electron chi connectivity index (χ4n) is 2.30. The van der Waals surface area contributed by atoms with Gasteiger partial charge in [0.25, 0.3) is 0 Å². The van der Waals surface area contributed by atoms with Crippen LogP contribution in [0.25, 0.3) is 0 Å². The number of carbonyl (C=O) groups is 3. The van der Waals surface area contributed by atoms with E-state index in [0.717, 1.165) is 72.8 Å². The van der Waals surface area contributed by atoms with E-state index >= 15 is 0 Å². The molecule has 0 unspecified atom stereocenters. The molecule has 0 atom stereocenters. The molecule has 31 heavy (non-hydrogen) atoms. The Balaban J connectivity index is 1.78. The molecule has 0 aliphatic carbocycles. The third-order valence-electron chi connectivity index (χ3n) is 3.85. The molecule has 0 aliphatic rings. The van der Waals surface area contributed by atoms with Crippen molar-refractivity contribution >= 4 is 25.2 Å². The van der Waals surface area contributed by atoms with Crippen LogP contribution in [0.5, 0.6) is 0 Å². The van der Waals surface area contributed by atoms with Crippen LogP contribution >= 0.6 is 0 Å². The number of hydrogen-bond donors (Lipinski definition) is 0. The first kappa shape index (κ1) is 21.6. The molecule has 0 spiro atoms. The maximum atomic E-state index is 13.0. The van der Waals surface area contributed by atoms with Gasteiger partial charge in [0, 0.05) is 0 Å². The maximum absolute atomic E-state index is 13.0. The van der Waals surface area contributed by atoms with Crippen LogP contribution in [-0.2, 0) is 14.0 Å². The highest BCUT2D eigenvalue weighted by Gasteiger charge is 2.37. The zero-order chi connectivity index (χ0) is 22.4. The predicted octanol–water partition coefficient (Wildman–Crippen LogP) is 3.96. The standard InChI is InChI=1S/C21H12BF3O6/c23-16-7-1-13(2-8-16)19(26)29-22(30-20(27)14-3-9-17(24)10-4-14)31-21(28)15-5-11-18(25)12-6-15/h1-12H. The molecule has 6 nitrogen and oxygen atoms in total. The first-order chi connectivity index (χ1) is 14.8. The number of rotatable bonds is 6. The Morgan fingerprint density at radius 2 is 0.710 bits per heavy atom. The molecule has 3 aromatic rings. The van der Waals surface area contributed by atoms with Crippen molar-refractivity contribution in [2.24, 2.45) is 0 Å². The van der Waals surface area contributed by atoms with Gasteiger partial charge in [0.2, 0.25) is 0 Å². The van der Waals surface area contributed by atoms with Crippen molar-refractivity contribution in [1.29, 1.82) is 0 Å². The van der Waals surface area contributed by atoms with Crippen LogP contribution in [0, 0.1) is 17.5 Å². The first-order valence-corrected chi connectivity index (χ1v) is 8.71. The van der Waals surface area contributed by atoms with Gasteiger partial charge in [-0.1, -0.05) is 0 Å². The lowest BCUT2D eigenvalue weighted by Gasteiger charge is -2.14. The van der Waals surface area contributed by atoms with Gasteiger partial charge < -0.3 is 14.0 Å². The van der Waals surface area contributed by atoms with E-state index in [1.54, 1.807) is 0 Å². The zero-order valence-electron chi connectivity index (χ0n) is 15.6. The van der Waals surface area contributed by atoms with Crippen LogP contribution in [0.15, 0.2) is 72.8 Å². The van der Waals surface area contributed by atoms with Crippen LogP contribution < -0.4 is 0 Å². The molecule has 0 aliphatic heterocycles. The average Bonchev–Trinajstić information content (AvgIpc) is 2.75. The van der Waals surface area contributed by atoms with Gasteiger partial charge in [-0.2, -0.15) is 0 Å². The van der Waals surface area contributed by atoms with Gasteiger partial charge in [-0.25, -0.2) is 27.6 Å². The minimum Gasteiger partial charge on any atom is -0.458 e. The molecular weight excluding hydrogens is 416 g/mol. The Morgan fingerprint density at radius 1 is 0.484 bits per heavy atom. The highest BCUT2D eigenvalue weighted by Crippen LogP contribution is 2.12. The van der Waals surface area contributed by atoms with E-state index in [2.05, 4.69) is 0 Å². The first-order valence-electron chi connectivity index (χ1n) is 8.71. The molecule has 0 heterocycles. The van der Waals surface area contributed by atoms with Crippen LogP contribution in [-0.4, -0.2) is 25.2 Å². The Hall–Kier alpha value is -4.08. The van der Waals surface area contributed by atoms with Gasteiger partial charge in [0.05, 0.1) is 16.7 Å². The molecule has 3 rings (SSSR count). The lowest BCUT2D eigenvalue weighted by atomic mass is 10.1. The van der Waals surface area contributed by atoms with E-state index in [1.807, 2.05) is 0 Å². The van der Waals surface area contributed by atoms with E-state index in [0.29, 0.717) is 0 Å². The topological polar surface area (TPSA) is 78.9 Å². The predicted molar refractivity (Wildman–Crippen MR) is 101 cm³/mol. The van der Waals surface area contributed by atoms with Gasteiger partial charge in [-0.05, 0) is 72.8 Å². The highest BCUT2D eigenvalue weighted by molar-refractivity contribution is 6.45. The van der Waals surface area contributed by atoms with E-state index in [9.17, 15) is 27.6 Å². The van der Waals surface area contributed by atoms with Gasteiger partial charge >= 0.3 is 25.2 Å². The largest absolute Gasteiger partial charge is 0.870 e. The van der Waals surface area contributed by atoms with Crippen LogP contribution in [0.1, 0.15) is 31.1 Å². The molecule has 0 fully saturated rings. The molecule has 3 aromatic carbocycles. The number of carbonyl (C=O) groups excluding carboxylic acids is 3. The van der Waals surface area contributed by atoms with Gasteiger partial charge in [0.1, 0.15) is 17.5 Å². The van der Waals surface area contributed by atoms with Crippen molar-refractivity contribution in [3.05, 3.63) is 107 Å². The third-order valence-corrected chi connectivity index (χ3v) is 3.85. The fraction of sp³-hybridized carbons (Fsp3) is 0. The Kier molecular flexibility index (Phi) is 6.71. The van der Waals surface area contributed by atoms with E-state index < -0.39 is 42.7 Å². The molecule has 10 heteroatoms. The lowest BCUT2D eigenvalue weighted by Crippen LogP contribution is -2.35. The Morgan fingerprint density at radius 3 is 0.935 bits per heavy atom. The molecule has 0 N–H and O–H groups in total. The molecule has 0 saturated carbocycles. The number of benzene rings is 3.